The van der Waals surface area contributed by atoms with Crippen molar-refractivity contribution in [1.82, 2.24) is 4.57 Å². The predicted molar refractivity (Wildman–Crippen MR) is 108 cm³/mol. The van der Waals surface area contributed by atoms with Crippen molar-refractivity contribution >= 4 is 16.9 Å². The summed E-state index contributed by atoms with van der Waals surface area (Å²) in [5, 5.41) is 0.578. The van der Waals surface area contributed by atoms with Crippen LogP contribution in [0.5, 0.6) is 5.75 Å². The van der Waals surface area contributed by atoms with E-state index in [2.05, 4.69) is 4.57 Å². The molecule has 144 valence electrons. The van der Waals surface area contributed by atoms with Gasteiger partial charge in [0.05, 0.1) is 12.6 Å². The maximum absolute atomic E-state index is 13.0. The molecule has 5 nitrogen and oxygen atoms in total. The number of hydrogen-bond acceptors (Lipinski definition) is 4. The molecule has 0 saturated heterocycles. The second-order valence-electron chi connectivity index (χ2n) is 7.39. The van der Waals surface area contributed by atoms with Crippen LogP contribution >= 0.6 is 0 Å². The zero-order chi connectivity index (χ0) is 19.8. The molecule has 1 aliphatic rings. The second-order valence-corrected chi connectivity index (χ2v) is 7.39. The van der Waals surface area contributed by atoms with Crippen LogP contribution in [0.25, 0.3) is 10.9 Å². The van der Waals surface area contributed by atoms with Gasteiger partial charge in [0.25, 0.3) is 0 Å². The molecule has 0 N–H and O–H groups in total. The predicted octanol–water partition coefficient (Wildman–Crippen LogP) is 4.32. The van der Waals surface area contributed by atoms with E-state index in [4.69, 9.17) is 9.47 Å². The van der Waals surface area contributed by atoms with Crippen molar-refractivity contribution in [2.24, 2.45) is 0 Å². The van der Waals surface area contributed by atoms with Crippen molar-refractivity contribution in [3.05, 3.63) is 75.1 Å². The third kappa shape index (κ3) is 3.40. The molecule has 0 unspecified atom stereocenters. The molecule has 1 fully saturated rings. The minimum absolute atomic E-state index is 0.0937. The maximum atomic E-state index is 13.0. The van der Waals surface area contributed by atoms with Gasteiger partial charge in [-0.3, -0.25) is 4.79 Å². The van der Waals surface area contributed by atoms with E-state index in [9.17, 15) is 9.59 Å². The highest BCUT2D eigenvalue weighted by atomic mass is 16.5. The first-order valence-electron chi connectivity index (χ1n) is 9.44. The number of nitrogens with zero attached hydrogens (tertiary/aromatic N) is 1. The fourth-order valence-corrected chi connectivity index (χ4v) is 3.36. The lowest BCUT2D eigenvalue weighted by Gasteiger charge is -2.14. The number of carbonyl (C=O) groups is 1. The number of aryl methyl sites for hydroxylation is 2. The molecule has 2 aromatic carbocycles. The smallest absolute Gasteiger partial charge is 0.343 e. The third-order valence-electron chi connectivity index (χ3n) is 5.34. The number of esters is 1. The van der Waals surface area contributed by atoms with E-state index in [1.54, 1.807) is 13.3 Å². The summed E-state index contributed by atoms with van der Waals surface area (Å²) in [5.41, 5.74) is 3.73. The topological polar surface area (TPSA) is 57.5 Å². The van der Waals surface area contributed by atoms with Crippen molar-refractivity contribution in [2.45, 2.75) is 39.3 Å². The average molecular weight is 377 g/mol. The number of fused-ring (bicyclic) bond motifs is 1. The number of methoxy groups -OCH3 is 1. The van der Waals surface area contributed by atoms with Crippen LogP contribution in [0.4, 0.5) is 0 Å². The lowest BCUT2D eigenvalue weighted by molar-refractivity contribution is 0.0470. The number of rotatable bonds is 5. The zero-order valence-corrected chi connectivity index (χ0v) is 16.3. The Balaban J connectivity index is 1.67. The van der Waals surface area contributed by atoms with Crippen LogP contribution in [0, 0.1) is 13.8 Å². The highest BCUT2D eigenvalue weighted by molar-refractivity contribution is 5.94. The van der Waals surface area contributed by atoms with Crippen LogP contribution in [-0.2, 0) is 11.3 Å². The highest BCUT2D eigenvalue weighted by Crippen LogP contribution is 2.37. The first-order valence-corrected chi connectivity index (χ1v) is 9.44. The summed E-state index contributed by atoms with van der Waals surface area (Å²) in [7, 11) is 1.60. The zero-order valence-electron chi connectivity index (χ0n) is 16.3. The van der Waals surface area contributed by atoms with E-state index in [1.807, 2.05) is 50.2 Å². The van der Waals surface area contributed by atoms with Gasteiger partial charge < -0.3 is 14.0 Å². The lowest BCUT2D eigenvalue weighted by Crippen LogP contribution is -2.21. The molecule has 1 aromatic heterocycles. The van der Waals surface area contributed by atoms with Crippen molar-refractivity contribution in [3.63, 3.8) is 0 Å². The molecule has 0 aliphatic heterocycles. The number of benzene rings is 2. The quantitative estimate of drug-likeness (QED) is 0.622. The van der Waals surface area contributed by atoms with Gasteiger partial charge in [-0.2, -0.15) is 0 Å². The van der Waals surface area contributed by atoms with Gasteiger partial charge in [-0.25, -0.2) is 4.79 Å². The van der Waals surface area contributed by atoms with E-state index >= 15 is 0 Å². The Bertz CT molecular complexity index is 1110. The maximum Gasteiger partial charge on any atom is 0.343 e. The Hall–Kier alpha value is -3.08. The summed E-state index contributed by atoms with van der Waals surface area (Å²) in [6, 6.07) is 11.6. The molecule has 4 rings (SSSR count). The Morgan fingerprint density at radius 2 is 1.79 bits per heavy atom. The molecule has 3 aromatic rings. The molecule has 0 radical (unpaired) electrons. The van der Waals surface area contributed by atoms with Crippen LogP contribution in [0.3, 0.4) is 0 Å². The van der Waals surface area contributed by atoms with E-state index in [1.165, 1.54) is 0 Å². The molecular formula is C23H23NO4. The Morgan fingerprint density at radius 1 is 1.11 bits per heavy atom. The van der Waals surface area contributed by atoms with Gasteiger partial charge in [0, 0.05) is 17.6 Å². The summed E-state index contributed by atoms with van der Waals surface area (Å²) in [6.45, 7) is 4.12. The Morgan fingerprint density at radius 3 is 2.43 bits per heavy atom. The van der Waals surface area contributed by atoms with Gasteiger partial charge in [-0.1, -0.05) is 12.1 Å². The second kappa shape index (κ2) is 7.15. The number of hydrogen-bond donors (Lipinski definition) is 0. The van der Waals surface area contributed by atoms with Crippen LogP contribution in [0.2, 0.25) is 0 Å². The summed E-state index contributed by atoms with van der Waals surface area (Å²) < 4.78 is 12.6. The van der Waals surface area contributed by atoms with Crippen molar-refractivity contribution in [2.75, 3.05) is 7.11 Å². The van der Waals surface area contributed by atoms with E-state index in [0.29, 0.717) is 11.4 Å². The molecule has 0 atom stereocenters. The molecule has 1 aliphatic carbocycles. The largest absolute Gasteiger partial charge is 0.497 e. The summed E-state index contributed by atoms with van der Waals surface area (Å²) in [4.78, 5) is 25.7. The highest BCUT2D eigenvalue weighted by Gasteiger charge is 2.27. The molecule has 0 bridgehead atoms. The van der Waals surface area contributed by atoms with Crippen LogP contribution < -0.4 is 10.2 Å². The van der Waals surface area contributed by atoms with Crippen LogP contribution in [0.15, 0.2) is 47.4 Å². The van der Waals surface area contributed by atoms with E-state index < -0.39 is 5.97 Å². The molecule has 5 heteroatoms. The molecule has 0 spiro atoms. The van der Waals surface area contributed by atoms with Crippen LogP contribution in [0.1, 0.15) is 45.9 Å². The fourth-order valence-electron chi connectivity index (χ4n) is 3.36. The number of aromatic nitrogens is 1. The van der Waals surface area contributed by atoms with Gasteiger partial charge in [0.1, 0.15) is 17.9 Å². The van der Waals surface area contributed by atoms with Gasteiger partial charge in [-0.15, -0.1) is 0 Å². The first kappa shape index (κ1) is 18.3. The molecule has 1 saturated carbocycles. The summed E-state index contributed by atoms with van der Waals surface area (Å²) in [5.74, 6) is 0.151. The monoisotopic (exact) mass is 377 g/mol. The normalized spacial score (nSPS) is 13.5. The van der Waals surface area contributed by atoms with Gasteiger partial charge in [-0.05, 0) is 67.6 Å². The minimum Gasteiger partial charge on any atom is -0.497 e. The SMILES string of the molecule is COc1ccc(COC(=O)c2cn(C3CC3)c3cc(C)c(C)cc3c2=O)cc1. The molecule has 0 amide bonds. The van der Waals surface area contributed by atoms with Crippen molar-refractivity contribution in [3.8, 4) is 5.75 Å². The number of ether oxygens (including phenoxy) is 2. The fraction of sp³-hybridized carbons (Fsp3) is 0.304. The van der Waals surface area contributed by atoms with Crippen molar-refractivity contribution < 1.29 is 14.3 Å². The van der Waals surface area contributed by atoms with Gasteiger partial charge in [0.2, 0.25) is 5.43 Å². The number of pyridine rings is 1. The summed E-state index contributed by atoms with van der Waals surface area (Å²) in [6.07, 6.45) is 3.80. The lowest BCUT2D eigenvalue weighted by atomic mass is 10.0. The standard InChI is InChI=1S/C23H23NO4/c1-14-10-19-21(11-15(14)2)24(17-6-7-17)12-20(22(19)25)23(26)28-13-16-4-8-18(27-3)9-5-16/h4-5,8-12,17H,6-7,13H2,1-3H3. The first-order chi connectivity index (χ1) is 13.5. The Labute approximate surface area is 163 Å². The van der Waals surface area contributed by atoms with Crippen molar-refractivity contribution in [1.29, 1.82) is 0 Å². The van der Waals surface area contributed by atoms with Gasteiger partial charge in [0.15, 0.2) is 0 Å². The molecule has 28 heavy (non-hydrogen) atoms. The van der Waals surface area contributed by atoms with Gasteiger partial charge >= 0.3 is 5.97 Å². The third-order valence-corrected chi connectivity index (χ3v) is 5.34. The average Bonchev–Trinajstić information content (AvgIpc) is 3.53. The summed E-state index contributed by atoms with van der Waals surface area (Å²) >= 11 is 0. The van der Waals surface area contributed by atoms with E-state index in [-0.39, 0.29) is 17.6 Å². The minimum atomic E-state index is -0.588. The van der Waals surface area contributed by atoms with Crippen LogP contribution in [-0.4, -0.2) is 17.6 Å². The molecular weight excluding hydrogens is 354 g/mol. The van der Waals surface area contributed by atoms with E-state index in [0.717, 1.165) is 40.8 Å². The number of carbonyl (C=O) groups excluding carboxylic acids is 1. The Kier molecular flexibility index (Phi) is 4.67. The molecule has 1 heterocycles.